The van der Waals surface area contributed by atoms with Crippen molar-refractivity contribution < 1.29 is 23.5 Å². The van der Waals surface area contributed by atoms with E-state index < -0.39 is 5.82 Å². The van der Waals surface area contributed by atoms with Gasteiger partial charge in [0.2, 0.25) is 11.8 Å². The van der Waals surface area contributed by atoms with Crippen LogP contribution in [0.1, 0.15) is 45.4 Å². The Morgan fingerprint density at radius 1 is 1.05 bits per heavy atom. The minimum atomic E-state index is -0.524. The SMILES string of the molecule is C=c1cc(OCCOC)cc(F)/c1=C(/N=C\C)Nc1ccc(NC(=O)CC(=O)NCC2CCCCC2)cc1. The summed E-state index contributed by atoms with van der Waals surface area (Å²) in [5.74, 6) is -0.0328. The number of ether oxygens (including phenoxy) is 2. The maximum atomic E-state index is 15.0. The minimum Gasteiger partial charge on any atom is -0.491 e. The van der Waals surface area contributed by atoms with Gasteiger partial charge in [0.05, 0.1) is 11.8 Å². The molecule has 2 aromatic carbocycles. The number of hydrogen-bond acceptors (Lipinski definition) is 6. The van der Waals surface area contributed by atoms with E-state index in [-0.39, 0.29) is 29.3 Å². The average molecular weight is 525 g/mol. The van der Waals surface area contributed by atoms with Crippen LogP contribution in [0.3, 0.4) is 0 Å². The molecule has 3 rings (SSSR count). The zero-order valence-corrected chi connectivity index (χ0v) is 22.1. The summed E-state index contributed by atoms with van der Waals surface area (Å²) in [6.45, 7) is 7.00. The van der Waals surface area contributed by atoms with E-state index in [1.54, 1.807) is 50.6 Å². The van der Waals surface area contributed by atoms with Crippen LogP contribution in [-0.4, -0.2) is 44.9 Å². The molecule has 204 valence electrons. The molecule has 3 N–H and O–H groups in total. The van der Waals surface area contributed by atoms with Crippen LogP contribution < -0.4 is 31.1 Å². The molecule has 0 saturated heterocycles. The lowest BCUT2D eigenvalue weighted by Gasteiger charge is -2.21. The molecular formula is C29H37FN4O4. The van der Waals surface area contributed by atoms with Crippen LogP contribution in [0.2, 0.25) is 0 Å². The highest BCUT2D eigenvalue weighted by Crippen LogP contribution is 2.22. The highest BCUT2D eigenvalue weighted by atomic mass is 19.1. The molecule has 0 atom stereocenters. The van der Waals surface area contributed by atoms with Gasteiger partial charge in [-0.25, -0.2) is 9.38 Å². The van der Waals surface area contributed by atoms with Gasteiger partial charge >= 0.3 is 0 Å². The van der Waals surface area contributed by atoms with Crippen molar-refractivity contribution in [3.63, 3.8) is 0 Å². The number of methoxy groups -OCH3 is 1. The van der Waals surface area contributed by atoms with Crippen molar-refractivity contribution in [2.75, 3.05) is 37.5 Å². The number of nitrogens with zero attached hydrogens (tertiary/aromatic N) is 1. The first-order valence-corrected chi connectivity index (χ1v) is 13.0. The van der Waals surface area contributed by atoms with Gasteiger partial charge in [0.1, 0.15) is 30.4 Å². The van der Waals surface area contributed by atoms with Gasteiger partial charge in [0, 0.05) is 37.3 Å². The number of anilines is 2. The van der Waals surface area contributed by atoms with Gasteiger partial charge in [-0.05, 0) is 61.2 Å². The Balaban J connectivity index is 1.61. The molecule has 0 unspecified atom stereocenters. The highest BCUT2D eigenvalue weighted by Gasteiger charge is 2.16. The first kappa shape index (κ1) is 28.8. The molecular weight excluding hydrogens is 487 g/mol. The van der Waals surface area contributed by atoms with Crippen LogP contribution in [0.25, 0.3) is 12.4 Å². The van der Waals surface area contributed by atoms with Crippen LogP contribution in [0.4, 0.5) is 15.8 Å². The van der Waals surface area contributed by atoms with Gasteiger partial charge < -0.3 is 25.4 Å². The molecule has 9 heteroatoms. The molecule has 1 aliphatic carbocycles. The summed E-state index contributed by atoms with van der Waals surface area (Å²) in [6, 6.07) is 9.78. The van der Waals surface area contributed by atoms with Crippen molar-refractivity contribution in [3.8, 4) is 5.75 Å². The van der Waals surface area contributed by atoms with Gasteiger partial charge in [0.15, 0.2) is 0 Å². The van der Waals surface area contributed by atoms with Crippen molar-refractivity contribution in [3.05, 3.63) is 52.7 Å². The van der Waals surface area contributed by atoms with Crippen molar-refractivity contribution in [2.45, 2.75) is 45.4 Å². The maximum absolute atomic E-state index is 15.0. The molecule has 0 radical (unpaired) electrons. The van der Waals surface area contributed by atoms with Crippen LogP contribution in [0.15, 0.2) is 41.4 Å². The lowest BCUT2D eigenvalue weighted by Crippen LogP contribution is -2.32. The van der Waals surface area contributed by atoms with E-state index in [4.69, 9.17) is 9.47 Å². The largest absolute Gasteiger partial charge is 0.491 e. The smallest absolute Gasteiger partial charge is 0.233 e. The predicted octanol–water partition coefficient (Wildman–Crippen LogP) is 3.55. The molecule has 1 aliphatic rings. The standard InChI is InChI=1S/C29H37FN4O4/c1-4-31-29(28-20(2)16-24(17-25(28)30)38-15-14-37-3)34-23-12-10-22(11-13-23)33-27(36)18-26(35)32-19-21-8-6-5-7-9-21/h4,10-13,16-17,21,34H,2,5-9,14-15,18-19H2,1,3H3,(H,32,35)(H,33,36)/b29-28-,31-4-. The van der Waals surface area contributed by atoms with Crippen molar-refractivity contribution in [1.29, 1.82) is 0 Å². The number of carbonyl (C=O) groups excluding carboxylic acids is 2. The van der Waals surface area contributed by atoms with E-state index >= 15 is 4.39 Å². The monoisotopic (exact) mass is 524 g/mol. The summed E-state index contributed by atoms with van der Waals surface area (Å²) in [5.41, 5.74) is 1.18. The quantitative estimate of drug-likeness (QED) is 0.224. The lowest BCUT2D eigenvalue weighted by atomic mass is 9.89. The van der Waals surface area contributed by atoms with E-state index in [9.17, 15) is 9.59 Å². The van der Waals surface area contributed by atoms with Crippen LogP contribution in [0, 0.1) is 11.7 Å². The molecule has 38 heavy (non-hydrogen) atoms. The molecule has 1 fully saturated rings. The van der Waals surface area contributed by atoms with Crippen molar-refractivity contribution in [1.82, 2.24) is 5.32 Å². The van der Waals surface area contributed by atoms with Crippen molar-refractivity contribution in [2.24, 2.45) is 10.9 Å². The maximum Gasteiger partial charge on any atom is 0.233 e. The number of rotatable bonds is 12. The predicted molar refractivity (Wildman–Crippen MR) is 149 cm³/mol. The third-order valence-corrected chi connectivity index (χ3v) is 6.26. The fourth-order valence-electron chi connectivity index (χ4n) is 4.35. The summed E-state index contributed by atoms with van der Waals surface area (Å²) in [4.78, 5) is 28.8. The van der Waals surface area contributed by atoms with E-state index in [1.807, 2.05) is 0 Å². The van der Waals surface area contributed by atoms with Gasteiger partial charge in [-0.2, -0.15) is 0 Å². The molecule has 0 aliphatic heterocycles. The molecule has 2 aromatic rings. The molecule has 0 aromatic heterocycles. The number of carbonyl (C=O) groups is 2. The Morgan fingerprint density at radius 2 is 1.74 bits per heavy atom. The van der Waals surface area contributed by atoms with Crippen LogP contribution >= 0.6 is 0 Å². The van der Waals surface area contributed by atoms with E-state index in [1.165, 1.54) is 25.3 Å². The summed E-state index contributed by atoms with van der Waals surface area (Å²) >= 11 is 0. The first-order chi connectivity index (χ1) is 18.4. The second-order valence-electron chi connectivity index (χ2n) is 9.25. The number of hydrogen-bond donors (Lipinski definition) is 3. The average Bonchev–Trinajstić information content (AvgIpc) is 2.89. The second-order valence-corrected chi connectivity index (χ2v) is 9.25. The highest BCUT2D eigenvalue weighted by molar-refractivity contribution is 6.03. The van der Waals surface area contributed by atoms with E-state index in [2.05, 4.69) is 27.5 Å². The Morgan fingerprint density at radius 3 is 2.37 bits per heavy atom. The minimum absolute atomic E-state index is 0.221. The van der Waals surface area contributed by atoms with Gasteiger partial charge in [-0.3, -0.25) is 9.59 Å². The normalized spacial score (nSPS) is 14.7. The van der Waals surface area contributed by atoms with E-state index in [0.717, 1.165) is 12.8 Å². The summed E-state index contributed by atoms with van der Waals surface area (Å²) in [5, 5.41) is 9.36. The molecule has 0 bridgehead atoms. The van der Waals surface area contributed by atoms with Crippen molar-refractivity contribution >= 4 is 41.8 Å². The Kier molecular flexibility index (Phi) is 11.3. The molecule has 0 spiro atoms. The number of nitrogens with one attached hydrogen (secondary N) is 3. The third kappa shape index (κ3) is 8.99. The fraction of sp³-hybridized carbons (Fsp3) is 0.414. The zero-order chi connectivity index (χ0) is 27.3. The summed E-state index contributed by atoms with van der Waals surface area (Å²) in [7, 11) is 1.56. The lowest BCUT2D eigenvalue weighted by molar-refractivity contribution is -0.126. The number of amides is 2. The number of aliphatic imine (C=N–C) groups is 1. The Labute approximate surface area is 223 Å². The van der Waals surface area contributed by atoms with Gasteiger partial charge in [-0.1, -0.05) is 25.8 Å². The Bertz CT molecular complexity index is 1220. The summed E-state index contributed by atoms with van der Waals surface area (Å²) < 4.78 is 25.5. The van der Waals surface area contributed by atoms with Crippen LogP contribution in [0.5, 0.6) is 5.75 Å². The van der Waals surface area contributed by atoms with Gasteiger partial charge in [-0.15, -0.1) is 0 Å². The molecule has 1 saturated carbocycles. The van der Waals surface area contributed by atoms with E-state index in [0.29, 0.717) is 48.0 Å². The topological polar surface area (TPSA) is 101 Å². The van der Waals surface area contributed by atoms with Crippen LogP contribution in [-0.2, 0) is 14.3 Å². The second kappa shape index (κ2) is 14.9. The molecule has 0 heterocycles. The molecule has 2 amide bonds. The number of halogens is 1. The first-order valence-electron chi connectivity index (χ1n) is 13.0. The summed E-state index contributed by atoms with van der Waals surface area (Å²) in [6.07, 6.45) is 7.26. The zero-order valence-electron chi connectivity index (χ0n) is 22.1. The number of benzene rings is 2. The Hall–Kier alpha value is -3.72. The van der Waals surface area contributed by atoms with Gasteiger partial charge in [0.25, 0.3) is 0 Å². The fourth-order valence-corrected chi connectivity index (χ4v) is 4.35. The third-order valence-electron chi connectivity index (χ3n) is 6.26. The molecule has 8 nitrogen and oxygen atoms in total.